The van der Waals surface area contributed by atoms with Gasteiger partial charge in [-0.25, -0.2) is 12.7 Å². The minimum Gasteiger partial charge on any atom is -0.371 e. The third-order valence-corrected chi connectivity index (χ3v) is 8.84. The lowest BCUT2D eigenvalue weighted by Gasteiger charge is -2.31. The number of sulfonamides is 1. The number of piperidine rings is 1. The Morgan fingerprint density at radius 2 is 1.82 bits per heavy atom. The number of likely N-dealkylation sites (N-methyl/N-ethyl adjacent to an activating group) is 1. The second-order valence-electron chi connectivity index (χ2n) is 8.52. The lowest BCUT2D eigenvalue weighted by molar-refractivity contribution is 0.0935. The average Bonchev–Trinajstić information content (AvgIpc) is 3.36. The summed E-state index contributed by atoms with van der Waals surface area (Å²) in [6.45, 7) is 8.20. The van der Waals surface area contributed by atoms with Gasteiger partial charge >= 0.3 is 0 Å². The number of anilines is 1. The molecule has 2 aromatic rings. The Labute approximate surface area is 202 Å². The molecule has 0 radical (unpaired) electrons. The average molecular weight is 493 g/mol. The predicted molar refractivity (Wildman–Crippen MR) is 136 cm³/mol. The zero-order valence-corrected chi connectivity index (χ0v) is 21.7. The minimum absolute atomic E-state index is 0.0716. The fourth-order valence-electron chi connectivity index (χ4n) is 4.35. The van der Waals surface area contributed by atoms with Crippen molar-refractivity contribution >= 4 is 33.0 Å². The fraction of sp³-hybridized carbons (Fsp3) is 0.542. The molecule has 0 bridgehead atoms. The van der Waals surface area contributed by atoms with E-state index in [-0.39, 0.29) is 16.8 Å². The Morgan fingerprint density at radius 3 is 2.39 bits per heavy atom. The number of nitrogens with zero attached hydrogens (tertiary/aromatic N) is 3. The molecule has 0 spiro atoms. The zero-order chi connectivity index (χ0) is 24.0. The van der Waals surface area contributed by atoms with Crippen LogP contribution in [0.25, 0.3) is 0 Å². The van der Waals surface area contributed by atoms with Gasteiger partial charge in [0.05, 0.1) is 16.5 Å². The maximum Gasteiger partial charge on any atom is 0.253 e. The Kier molecular flexibility index (Phi) is 8.92. The van der Waals surface area contributed by atoms with E-state index >= 15 is 0 Å². The quantitative estimate of drug-likeness (QED) is 0.546. The second kappa shape index (κ2) is 11.5. The van der Waals surface area contributed by atoms with E-state index in [4.69, 9.17) is 0 Å². The summed E-state index contributed by atoms with van der Waals surface area (Å²) in [6.07, 6.45) is 3.32. The molecule has 1 atom stereocenters. The minimum atomic E-state index is -3.64. The van der Waals surface area contributed by atoms with Crippen molar-refractivity contribution < 1.29 is 13.2 Å². The van der Waals surface area contributed by atoms with Crippen LogP contribution in [-0.2, 0) is 10.0 Å². The molecule has 1 amide bonds. The standard InChI is InChI=1S/C24H36N4O3S2/c1-5-27(6-2)23(19-12-15-32-18-19)17-25-24(29)21-16-20(33(30,31)26(3)4)10-11-22(21)28-13-8-7-9-14-28/h10-12,15-16,18,23H,5-9,13-14,17H2,1-4H3,(H,25,29). The number of nitrogens with one attached hydrogen (secondary N) is 1. The van der Waals surface area contributed by atoms with Crippen LogP contribution in [0.2, 0.25) is 0 Å². The first-order valence-electron chi connectivity index (χ1n) is 11.7. The van der Waals surface area contributed by atoms with E-state index in [0.717, 1.165) is 44.7 Å². The molecule has 0 aliphatic carbocycles. The van der Waals surface area contributed by atoms with Crippen molar-refractivity contribution in [1.29, 1.82) is 0 Å². The van der Waals surface area contributed by atoms with Crippen LogP contribution in [0.1, 0.15) is 55.1 Å². The Balaban J connectivity index is 1.91. The molecule has 33 heavy (non-hydrogen) atoms. The number of amides is 1. The third-order valence-electron chi connectivity index (χ3n) is 6.33. The highest BCUT2D eigenvalue weighted by Crippen LogP contribution is 2.28. The van der Waals surface area contributed by atoms with Crippen LogP contribution in [0.4, 0.5) is 5.69 Å². The molecule has 1 aliphatic heterocycles. The number of thiophene rings is 1. The van der Waals surface area contributed by atoms with Crippen LogP contribution >= 0.6 is 11.3 Å². The molecule has 1 fully saturated rings. The molecule has 1 unspecified atom stereocenters. The highest BCUT2D eigenvalue weighted by atomic mass is 32.2. The number of hydrogen-bond donors (Lipinski definition) is 1. The van der Waals surface area contributed by atoms with Gasteiger partial charge in [-0.15, -0.1) is 0 Å². The van der Waals surface area contributed by atoms with Crippen LogP contribution in [0.5, 0.6) is 0 Å². The topological polar surface area (TPSA) is 73.0 Å². The maximum absolute atomic E-state index is 13.5. The summed E-state index contributed by atoms with van der Waals surface area (Å²) in [5, 5.41) is 7.29. The molecule has 9 heteroatoms. The van der Waals surface area contributed by atoms with Crippen LogP contribution in [-0.4, -0.2) is 70.3 Å². The van der Waals surface area contributed by atoms with Gasteiger partial charge in [-0.3, -0.25) is 9.69 Å². The molecule has 3 rings (SSSR count). The molecule has 1 aliphatic rings. The van der Waals surface area contributed by atoms with Gasteiger partial charge in [-0.2, -0.15) is 11.3 Å². The second-order valence-corrected chi connectivity index (χ2v) is 11.4. The molecule has 7 nitrogen and oxygen atoms in total. The first-order chi connectivity index (χ1) is 15.8. The van der Waals surface area contributed by atoms with Gasteiger partial charge in [0, 0.05) is 39.4 Å². The predicted octanol–water partition coefficient (Wildman–Crippen LogP) is 3.80. The summed E-state index contributed by atoms with van der Waals surface area (Å²) < 4.78 is 26.7. The van der Waals surface area contributed by atoms with Gasteiger partial charge in [0.2, 0.25) is 10.0 Å². The number of hydrogen-bond acceptors (Lipinski definition) is 6. The first-order valence-corrected chi connectivity index (χ1v) is 14.0. The van der Waals surface area contributed by atoms with Gasteiger partial charge in [-0.05, 0) is 72.9 Å². The van der Waals surface area contributed by atoms with E-state index in [1.165, 1.54) is 36.5 Å². The number of carbonyl (C=O) groups excluding carboxylic acids is 1. The molecule has 1 aromatic carbocycles. The van der Waals surface area contributed by atoms with Gasteiger partial charge in [-0.1, -0.05) is 13.8 Å². The zero-order valence-electron chi connectivity index (χ0n) is 20.1. The Morgan fingerprint density at radius 1 is 1.12 bits per heavy atom. The van der Waals surface area contributed by atoms with Crippen LogP contribution in [0.3, 0.4) is 0 Å². The molecule has 182 valence electrons. The van der Waals surface area contributed by atoms with Crippen molar-refractivity contribution in [2.75, 3.05) is 51.7 Å². The smallest absolute Gasteiger partial charge is 0.253 e. The normalized spacial score (nSPS) is 15.8. The summed E-state index contributed by atoms with van der Waals surface area (Å²) in [4.78, 5) is 18.1. The van der Waals surface area contributed by atoms with E-state index < -0.39 is 10.0 Å². The number of rotatable bonds is 10. The highest BCUT2D eigenvalue weighted by Gasteiger charge is 2.25. The van der Waals surface area contributed by atoms with Gasteiger partial charge in [0.15, 0.2) is 0 Å². The van der Waals surface area contributed by atoms with Crippen LogP contribution < -0.4 is 10.2 Å². The van der Waals surface area contributed by atoms with Crippen molar-refractivity contribution in [1.82, 2.24) is 14.5 Å². The maximum atomic E-state index is 13.5. The van der Waals surface area contributed by atoms with Gasteiger partial charge in [0.1, 0.15) is 0 Å². The van der Waals surface area contributed by atoms with E-state index in [9.17, 15) is 13.2 Å². The first kappa shape index (κ1) is 25.7. The Bertz CT molecular complexity index is 1010. The number of benzene rings is 1. The number of carbonyl (C=O) groups is 1. The van der Waals surface area contributed by atoms with Crippen LogP contribution in [0, 0.1) is 0 Å². The van der Waals surface area contributed by atoms with Crippen molar-refractivity contribution in [2.24, 2.45) is 0 Å². The third kappa shape index (κ3) is 5.95. The lowest BCUT2D eigenvalue weighted by atomic mass is 10.1. The van der Waals surface area contributed by atoms with E-state index in [1.807, 2.05) is 0 Å². The summed E-state index contributed by atoms with van der Waals surface area (Å²) in [7, 11) is -0.634. The molecule has 1 aromatic heterocycles. The lowest BCUT2D eigenvalue weighted by Crippen LogP contribution is -2.39. The molecule has 0 saturated carbocycles. The van der Waals surface area contributed by atoms with Crippen molar-refractivity contribution in [3.8, 4) is 0 Å². The van der Waals surface area contributed by atoms with Crippen molar-refractivity contribution in [3.63, 3.8) is 0 Å². The molecular weight excluding hydrogens is 456 g/mol. The van der Waals surface area contributed by atoms with Crippen molar-refractivity contribution in [3.05, 3.63) is 46.2 Å². The summed E-state index contributed by atoms with van der Waals surface area (Å²) in [6, 6.07) is 7.11. The van der Waals surface area contributed by atoms with Gasteiger partial charge in [0.25, 0.3) is 5.91 Å². The van der Waals surface area contributed by atoms with Gasteiger partial charge < -0.3 is 10.2 Å². The molecule has 1 saturated heterocycles. The van der Waals surface area contributed by atoms with E-state index in [1.54, 1.807) is 23.5 Å². The van der Waals surface area contributed by atoms with Crippen LogP contribution in [0.15, 0.2) is 39.9 Å². The molecule has 1 N–H and O–H groups in total. The van der Waals surface area contributed by atoms with E-state index in [2.05, 4.69) is 45.8 Å². The molecule has 2 heterocycles. The summed E-state index contributed by atoms with van der Waals surface area (Å²) in [5.74, 6) is -0.237. The highest BCUT2D eigenvalue weighted by molar-refractivity contribution is 7.89. The largest absolute Gasteiger partial charge is 0.371 e. The summed E-state index contributed by atoms with van der Waals surface area (Å²) >= 11 is 1.65. The monoisotopic (exact) mass is 492 g/mol. The fourth-order valence-corrected chi connectivity index (χ4v) is 5.99. The summed E-state index contributed by atoms with van der Waals surface area (Å²) in [5.41, 5.74) is 2.41. The van der Waals surface area contributed by atoms with Crippen molar-refractivity contribution in [2.45, 2.75) is 44.0 Å². The Hall–Kier alpha value is -1.94. The van der Waals surface area contributed by atoms with E-state index in [0.29, 0.717) is 12.1 Å². The molecular formula is C24H36N4O3S2. The SMILES string of the molecule is CCN(CC)C(CNC(=O)c1cc(S(=O)(=O)N(C)C)ccc1N1CCCCC1)c1ccsc1.